The molecule has 2 aliphatic rings. The van der Waals surface area contributed by atoms with Crippen LogP contribution in [-0.4, -0.2) is 63.9 Å². The molecule has 1 amide bonds. The van der Waals surface area contributed by atoms with Crippen molar-refractivity contribution >= 4 is 21.8 Å². The molecule has 2 fully saturated rings. The number of likely N-dealkylation sites (tertiary alicyclic amines) is 1. The van der Waals surface area contributed by atoms with Gasteiger partial charge in [0.2, 0.25) is 0 Å². The first-order chi connectivity index (χ1) is 12.5. The van der Waals surface area contributed by atoms with Crippen molar-refractivity contribution in [3.63, 3.8) is 0 Å². The van der Waals surface area contributed by atoms with Crippen molar-refractivity contribution in [3.8, 4) is 5.69 Å². The van der Waals surface area contributed by atoms with Crippen LogP contribution in [0.2, 0.25) is 0 Å². The maximum atomic E-state index is 13.1. The van der Waals surface area contributed by atoms with E-state index >= 15 is 0 Å². The Kier molecular flexibility index (Phi) is 4.84. The highest BCUT2D eigenvalue weighted by Gasteiger charge is 2.36. The number of amides is 1. The zero-order valence-electron chi connectivity index (χ0n) is 15.2. The molecule has 1 aliphatic carbocycles. The van der Waals surface area contributed by atoms with E-state index in [1.54, 1.807) is 0 Å². The smallest absolute Gasteiger partial charge is 0.276 e. The van der Waals surface area contributed by atoms with Gasteiger partial charge in [-0.2, -0.15) is 0 Å². The predicted molar refractivity (Wildman–Crippen MR) is 104 cm³/mol. The third kappa shape index (κ3) is 3.42. The second-order valence-electron chi connectivity index (χ2n) is 7.47. The summed E-state index contributed by atoms with van der Waals surface area (Å²) in [7, 11) is 4.22. The molecular weight excluding hydrogens is 394 g/mol. The summed E-state index contributed by atoms with van der Waals surface area (Å²) in [5.74, 6) is 0.430. The van der Waals surface area contributed by atoms with Gasteiger partial charge in [0.25, 0.3) is 5.91 Å². The fraction of sp³-hybridized carbons (Fsp3) is 0.526. The number of carbonyl (C=O) groups excluding carboxylic acids is 1. The summed E-state index contributed by atoms with van der Waals surface area (Å²) in [6, 6.07) is 8.53. The Morgan fingerprint density at radius 3 is 2.35 bits per heavy atom. The molecule has 0 N–H and O–H groups in total. The van der Waals surface area contributed by atoms with Crippen molar-refractivity contribution in [3.05, 3.63) is 40.1 Å². The average Bonchev–Trinajstić information content (AvgIpc) is 3.40. The molecule has 0 unspecified atom stereocenters. The maximum Gasteiger partial charge on any atom is 0.276 e. The van der Waals surface area contributed by atoms with E-state index in [-0.39, 0.29) is 5.91 Å². The van der Waals surface area contributed by atoms with Crippen LogP contribution in [0.3, 0.4) is 0 Å². The molecule has 7 heteroatoms. The highest BCUT2D eigenvalue weighted by Crippen LogP contribution is 2.42. The molecule has 4 rings (SSSR count). The van der Waals surface area contributed by atoms with Gasteiger partial charge >= 0.3 is 0 Å². The van der Waals surface area contributed by atoms with Crippen LogP contribution >= 0.6 is 15.9 Å². The van der Waals surface area contributed by atoms with Crippen molar-refractivity contribution in [2.24, 2.45) is 0 Å². The summed E-state index contributed by atoms with van der Waals surface area (Å²) in [5.41, 5.74) is 2.47. The van der Waals surface area contributed by atoms with Gasteiger partial charge < -0.3 is 9.80 Å². The SMILES string of the molecule is CN(C)C1CCN(C(=O)c2nnn(-c3ccc(Br)cc3)c2C2CC2)CC1. The standard InChI is InChI=1S/C19H24BrN5O/c1-23(2)15-9-11-24(12-10-15)19(26)17-18(13-3-4-13)25(22-21-17)16-7-5-14(20)6-8-16/h5-8,13,15H,3-4,9-12H2,1-2H3. The van der Waals surface area contributed by atoms with Crippen molar-refractivity contribution < 1.29 is 4.79 Å². The molecule has 0 spiro atoms. The summed E-state index contributed by atoms with van der Waals surface area (Å²) in [4.78, 5) is 17.3. The lowest BCUT2D eigenvalue weighted by atomic mass is 10.0. The minimum absolute atomic E-state index is 0.0347. The summed E-state index contributed by atoms with van der Waals surface area (Å²) < 4.78 is 2.87. The zero-order chi connectivity index (χ0) is 18.3. The topological polar surface area (TPSA) is 54.3 Å². The van der Waals surface area contributed by atoms with Gasteiger partial charge in [-0.25, -0.2) is 4.68 Å². The highest BCUT2D eigenvalue weighted by molar-refractivity contribution is 9.10. The average molecular weight is 418 g/mol. The largest absolute Gasteiger partial charge is 0.337 e. The lowest BCUT2D eigenvalue weighted by molar-refractivity contribution is 0.0656. The van der Waals surface area contributed by atoms with Crippen molar-refractivity contribution in [1.82, 2.24) is 24.8 Å². The van der Waals surface area contributed by atoms with Crippen LogP contribution in [0.4, 0.5) is 0 Å². The van der Waals surface area contributed by atoms with E-state index in [9.17, 15) is 4.79 Å². The Balaban J connectivity index is 1.59. The number of halogens is 1. The van der Waals surface area contributed by atoms with Gasteiger partial charge in [0.15, 0.2) is 5.69 Å². The number of rotatable bonds is 4. The number of benzene rings is 1. The molecule has 1 saturated heterocycles. The van der Waals surface area contributed by atoms with Gasteiger partial charge in [0.1, 0.15) is 0 Å². The van der Waals surface area contributed by atoms with E-state index in [1.165, 1.54) is 0 Å². The van der Waals surface area contributed by atoms with E-state index in [1.807, 2.05) is 33.8 Å². The molecule has 2 heterocycles. The van der Waals surface area contributed by atoms with Crippen molar-refractivity contribution in [1.29, 1.82) is 0 Å². The van der Waals surface area contributed by atoms with Gasteiger partial charge in [-0.05, 0) is 64.0 Å². The van der Waals surface area contributed by atoms with Gasteiger partial charge in [-0.3, -0.25) is 4.79 Å². The highest BCUT2D eigenvalue weighted by atomic mass is 79.9. The summed E-state index contributed by atoms with van der Waals surface area (Å²) in [6.07, 6.45) is 4.23. The van der Waals surface area contributed by atoms with Crippen molar-refractivity contribution in [2.45, 2.75) is 37.6 Å². The number of hydrogen-bond acceptors (Lipinski definition) is 4. The van der Waals surface area contributed by atoms with Crippen LogP contribution < -0.4 is 0 Å². The molecule has 138 valence electrons. The first kappa shape index (κ1) is 17.7. The second kappa shape index (κ2) is 7.12. The third-order valence-corrected chi connectivity index (χ3v) is 5.95. The number of hydrogen-bond donors (Lipinski definition) is 0. The van der Waals surface area contributed by atoms with E-state index in [4.69, 9.17) is 0 Å². The lowest BCUT2D eigenvalue weighted by Gasteiger charge is -2.34. The van der Waals surface area contributed by atoms with E-state index in [2.05, 4.69) is 45.2 Å². The quantitative estimate of drug-likeness (QED) is 0.766. The first-order valence-corrected chi connectivity index (χ1v) is 10.0. The van der Waals surface area contributed by atoms with E-state index in [0.29, 0.717) is 17.7 Å². The number of aromatic nitrogens is 3. The Labute approximate surface area is 162 Å². The van der Waals surface area contributed by atoms with Gasteiger partial charge in [-0.1, -0.05) is 21.1 Å². The van der Waals surface area contributed by atoms with Crippen LogP contribution in [0.1, 0.15) is 47.8 Å². The number of carbonyl (C=O) groups is 1. The number of nitrogens with zero attached hydrogens (tertiary/aromatic N) is 5. The van der Waals surface area contributed by atoms with Crippen LogP contribution in [-0.2, 0) is 0 Å². The third-order valence-electron chi connectivity index (χ3n) is 5.42. The van der Waals surface area contributed by atoms with E-state index < -0.39 is 0 Å². The fourth-order valence-corrected chi connectivity index (χ4v) is 3.94. The molecule has 1 aromatic carbocycles. The summed E-state index contributed by atoms with van der Waals surface area (Å²) in [6.45, 7) is 1.58. The molecule has 0 atom stereocenters. The Hall–Kier alpha value is -1.73. The Morgan fingerprint density at radius 2 is 1.77 bits per heavy atom. The molecule has 6 nitrogen and oxygen atoms in total. The normalized spacial score (nSPS) is 18.5. The van der Waals surface area contributed by atoms with Crippen LogP contribution in [0, 0.1) is 0 Å². The molecule has 1 saturated carbocycles. The second-order valence-corrected chi connectivity index (χ2v) is 8.39. The predicted octanol–water partition coefficient (Wildman–Crippen LogP) is 3.07. The van der Waals surface area contributed by atoms with Gasteiger partial charge in [0.05, 0.1) is 11.4 Å². The van der Waals surface area contributed by atoms with E-state index in [0.717, 1.165) is 54.6 Å². The van der Waals surface area contributed by atoms with Crippen LogP contribution in [0.15, 0.2) is 28.7 Å². The first-order valence-electron chi connectivity index (χ1n) is 9.22. The monoisotopic (exact) mass is 417 g/mol. The minimum Gasteiger partial charge on any atom is -0.337 e. The van der Waals surface area contributed by atoms with Crippen molar-refractivity contribution in [2.75, 3.05) is 27.2 Å². The Morgan fingerprint density at radius 1 is 1.12 bits per heavy atom. The van der Waals surface area contributed by atoms with Crippen LogP contribution in [0.25, 0.3) is 5.69 Å². The summed E-state index contributed by atoms with van der Waals surface area (Å²) >= 11 is 3.46. The molecule has 26 heavy (non-hydrogen) atoms. The molecule has 2 aromatic rings. The molecule has 0 bridgehead atoms. The fourth-order valence-electron chi connectivity index (χ4n) is 3.67. The molecular formula is C19H24BrN5O. The number of piperidine rings is 1. The maximum absolute atomic E-state index is 13.1. The molecule has 1 aromatic heterocycles. The Bertz CT molecular complexity index is 789. The molecule has 0 radical (unpaired) electrons. The van der Waals surface area contributed by atoms with Crippen LogP contribution in [0.5, 0.6) is 0 Å². The summed E-state index contributed by atoms with van der Waals surface area (Å²) in [5, 5.41) is 8.64. The van der Waals surface area contributed by atoms with Gasteiger partial charge in [0, 0.05) is 29.5 Å². The lowest BCUT2D eigenvalue weighted by Crippen LogP contribution is -2.44. The zero-order valence-corrected chi connectivity index (χ0v) is 16.8. The van der Waals surface area contributed by atoms with Gasteiger partial charge in [-0.15, -0.1) is 5.10 Å². The minimum atomic E-state index is 0.0347. The molecule has 1 aliphatic heterocycles.